The molecule has 1 fully saturated rings. The van der Waals surface area contributed by atoms with Crippen molar-refractivity contribution in [2.45, 2.75) is 51.1 Å². The molecule has 0 bridgehead atoms. The van der Waals surface area contributed by atoms with Crippen LogP contribution in [0.25, 0.3) is 0 Å². The van der Waals surface area contributed by atoms with Crippen LogP contribution in [0.1, 0.15) is 49.1 Å². The van der Waals surface area contributed by atoms with Gasteiger partial charge < -0.3 is 5.11 Å². The van der Waals surface area contributed by atoms with Crippen molar-refractivity contribution >= 4 is 17.3 Å². The highest BCUT2D eigenvalue weighted by molar-refractivity contribution is 7.10. The van der Waals surface area contributed by atoms with Crippen LogP contribution >= 0.6 is 11.3 Å². The van der Waals surface area contributed by atoms with Crippen LogP contribution in [0.15, 0.2) is 11.4 Å². The highest BCUT2D eigenvalue weighted by atomic mass is 32.1. The van der Waals surface area contributed by atoms with E-state index in [0.717, 1.165) is 32.2 Å². The first kappa shape index (κ1) is 13.1. The minimum Gasteiger partial charge on any atom is -0.481 e. The Morgan fingerprint density at radius 1 is 1.42 bits per heavy atom. The zero-order valence-corrected chi connectivity index (χ0v) is 12.2. The summed E-state index contributed by atoms with van der Waals surface area (Å²) in [5, 5.41) is 11.6. The van der Waals surface area contributed by atoms with Crippen molar-refractivity contribution in [1.82, 2.24) is 4.90 Å². The number of hydrogen-bond donors (Lipinski definition) is 1. The molecule has 3 rings (SSSR count). The van der Waals surface area contributed by atoms with Gasteiger partial charge in [0.1, 0.15) is 0 Å². The molecule has 3 unspecified atom stereocenters. The van der Waals surface area contributed by atoms with Crippen LogP contribution in [0.4, 0.5) is 0 Å². The molecule has 0 amide bonds. The zero-order chi connectivity index (χ0) is 13.4. The van der Waals surface area contributed by atoms with Gasteiger partial charge in [0, 0.05) is 23.5 Å². The molecule has 0 radical (unpaired) electrons. The summed E-state index contributed by atoms with van der Waals surface area (Å²) in [6, 6.07) is 2.82. The van der Waals surface area contributed by atoms with Crippen molar-refractivity contribution in [1.29, 1.82) is 0 Å². The number of carboxylic acids is 1. The normalized spacial score (nSPS) is 31.9. The van der Waals surface area contributed by atoms with E-state index in [9.17, 15) is 9.90 Å². The quantitative estimate of drug-likeness (QED) is 0.903. The largest absolute Gasteiger partial charge is 0.481 e. The van der Waals surface area contributed by atoms with Crippen molar-refractivity contribution in [2.75, 3.05) is 6.54 Å². The summed E-state index contributed by atoms with van der Waals surface area (Å²) in [7, 11) is 0. The third-order valence-electron chi connectivity index (χ3n) is 4.80. The summed E-state index contributed by atoms with van der Waals surface area (Å²) in [5.74, 6) is -0.774. The summed E-state index contributed by atoms with van der Waals surface area (Å²) in [4.78, 5) is 15.4. The molecule has 0 aromatic carbocycles. The second-order valence-corrected chi connectivity index (χ2v) is 6.76. The molecule has 4 heteroatoms. The van der Waals surface area contributed by atoms with Crippen LogP contribution < -0.4 is 0 Å². The summed E-state index contributed by atoms with van der Waals surface area (Å²) < 4.78 is 0. The third-order valence-corrected chi connectivity index (χ3v) is 5.79. The van der Waals surface area contributed by atoms with Crippen molar-refractivity contribution in [3.63, 3.8) is 0 Å². The lowest BCUT2D eigenvalue weighted by Gasteiger charge is -2.43. The van der Waals surface area contributed by atoms with Gasteiger partial charge in [-0.05, 0) is 43.2 Å². The number of rotatable bonds is 2. The Bertz CT molecular complexity index is 470. The standard InChI is InChI=1S/C15H21NO2S/c1-10-11-7-9-19-14(11)6-8-16(10)13-5-3-2-4-12(13)15(17)18/h7,9-10,12-13H,2-6,8H2,1H3,(H,17,18). The van der Waals surface area contributed by atoms with Gasteiger partial charge in [0.15, 0.2) is 0 Å². The van der Waals surface area contributed by atoms with Crippen LogP contribution in [-0.2, 0) is 11.2 Å². The van der Waals surface area contributed by atoms with Crippen LogP contribution in [0.3, 0.4) is 0 Å². The number of thiophene rings is 1. The zero-order valence-electron chi connectivity index (χ0n) is 11.3. The first-order chi connectivity index (χ1) is 9.18. The lowest BCUT2D eigenvalue weighted by Crippen LogP contribution is -2.48. The Kier molecular flexibility index (Phi) is 3.63. The molecule has 0 saturated heterocycles. The maximum absolute atomic E-state index is 11.5. The van der Waals surface area contributed by atoms with E-state index in [2.05, 4.69) is 23.3 Å². The molecule has 1 aliphatic carbocycles. The highest BCUT2D eigenvalue weighted by Gasteiger charge is 2.38. The van der Waals surface area contributed by atoms with E-state index >= 15 is 0 Å². The number of nitrogens with zero attached hydrogens (tertiary/aromatic N) is 1. The molecule has 1 saturated carbocycles. The SMILES string of the molecule is CC1c2ccsc2CCN1C1CCCCC1C(=O)O. The Morgan fingerprint density at radius 3 is 3.00 bits per heavy atom. The van der Waals surface area contributed by atoms with Gasteiger partial charge in [-0.3, -0.25) is 9.69 Å². The molecule has 3 atom stereocenters. The number of carbonyl (C=O) groups is 1. The van der Waals surface area contributed by atoms with Gasteiger partial charge in [-0.25, -0.2) is 0 Å². The summed E-state index contributed by atoms with van der Waals surface area (Å²) in [5.41, 5.74) is 1.42. The van der Waals surface area contributed by atoms with E-state index < -0.39 is 5.97 Å². The fraction of sp³-hybridized carbons (Fsp3) is 0.667. The van der Waals surface area contributed by atoms with Gasteiger partial charge in [-0.2, -0.15) is 0 Å². The fourth-order valence-corrected chi connectivity index (χ4v) is 4.74. The molecular weight excluding hydrogens is 258 g/mol. The Morgan fingerprint density at radius 2 is 2.21 bits per heavy atom. The Balaban J connectivity index is 1.83. The van der Waals surface area contributed by atoms with Gasteiger partial charge in [0.25, 0.3) is 0 Å². The van der Waals surface area contributed by atoms with Gasteiger partial charge in [-0.1, -0.05) is 12.8 Å². The molecule has 0 spiro atoms. The third kappa shape index (κ3) is 2.32. The number of hydrogen-bond acceptors (Lipinski definition) is 3. The van der Waals surface area contributed by atoms with Crippen molar-refractivity contribution in [2.24, 2.45) is 5.92 Å². The second kappa shape index (κ2) is 5.25. The van der Waals surface area contributed by atoms with Crippen molar-refractivity contribution < 1.29 is 9.90 Å². The lowest BCUT2D eigenvalue weighted by atomic mass is 9.81. The molecule has 1 aromatic rings. The number of aliphatic carboxylic acids is 1. The van der Waals surface area contributed by atoms with E-state index in [0.29, 0.717) is 6.04 Å². The molecule has 1 aromatic heterocycles. The molecule has 104 valence electrons. The minimum atomic E-state index is -0.604. The van der Waals surface area contributed by atoms with E-state index in [-0.39, 0.29) is 12.0 Å². The average Bonchev–Trinajstić information content (AvgIpc) is 2.88. The summed E-state index contributed by atoms with van der Waals surface area (Å²) in [6.07, 6.45) is 5.22. The molecule has 2 heterocycles. The van der Waals surface area contributed by atoms with Gasteiger partial charge in [0.2, 0.25) is 0 Å². The van der Waals surface area contributed by atoms with Gasteiger partial charge in [0.05, 0.1) is 5.92 Å². The Hall–Kier alpha value is -0.870. The van der Waals surface area contributed by atoms with Gasteiger partial charge in [-0.15, -0.1) is 11.3 Å². The van der Waals surface area contributed by atoms with Crippen LogP contribution in [-0.4, -0.2) is 28.6 Å². The fourth-order valence-electron chi connectivity index (χ4n) is 3.78. The second-order valence-electron chi connectivity index (χ2n) is 5.76. The minimum absolute atomic E-state index is 0.170. The first-order valence-corrected chi connectivity index (χ1v) is 8.11. The average molecular weight is 279 g/mol. The number of fused-ring (bicyclic) bond motifs is 1. The maximum Gasteiger partial charge on any atom is 0.308 e. The molecule has 2 aliphatic rings. The van der Waals surface area contributed by atoms with Crippen molar-refractivity contribution in [3.05, 3.63) is 21.9 Å². The van der Waals surface area contributed by atoms with E-state index in [4.69, 9.17) is 0 Å². The molecule has 1 aliphatic heterocycles. The van der Waals surface area contributed by atoms with Crippen LogP contribution in [0.2, 0.25) is 0 Å². The molecule has 3 nitrogen and oxygen atoms in total. The molecule has 1 N–H and O–H groups in total. The molecule has 19 heavy (non-hydrogen) atoms. The maximum atomic E-state index is 11.5. The topological polar surface area (TPSA) is 40.5 Å². The van der Waals surface area contributed by atoms with Crippen molar-refractivity contribution in [3.8, 4) is 0 Å². The summed E-state index contributed by atoms with van der Waals surface area (Å²) in [6.45, 7) is 3.25. The van der Waals surface area contributed by atoms with E-state index in [1.807, 2.05) is 11.3 Å². The Labute approximate surface area is 118 Å². The number of carboxylic acid groups (broad SMARTS) is 1. The monoisotopic (exact) mass is 279 g/mol. The molecular formula is C15H21NO2S. The lowest BCUT2D eigenvalue weighted by molar-refractivity contribution is -0.146. The first-order valence-electron chi connectivity index (χ1n) is 7.23. The highest BCUT2D eigenvalue weighted by Crippen LogP contribution is 2.39. The van der Waals surface area contributed by atoms with Crippen LogP contribution in [0, 0.1) is 5.92 Å². The van der Waals surface area contributed by atoms with E-state index in [1.165, 1.54) is 16.9 Å². The summed E-state index contributed by atoms with van der Waals surface area (Å²) >= 11 is 1.84. The van der Waals surface area contributed by atoms with Gasteiger partial charge >= 0.3 is 5.97 Å². The van der Waals surface area contributed by atoms with E-state index in [1.54, 1.807) is 0 Å². The van der Waals surface area contributed by atoms with Crippen LogP contribution in [0.5, 0.6) is 0 Å². The predicted octanol–water partition coefficient (Wildman–Crippen LogP) is 3.31. The smallest absolute Gasteiger partial charge is 0.308 e. The predicted molar refractivity (Wildman–Crippen MR) is 76.5 cm³/mol.